The van der Waals surface area contributed by atoms with Gasteiger partial charge < -0.3 is 24.4 Å². The molecule has 3 rings (SSSR count). The number of fused-ring (bicyclic) bond motifs is 1. The van der Waals surface area contributed by atoms with E-state index < -0.39 is 0 Å². The maximum absolute atomic E-state index is 12.5. The quantitative estimate of drug-likeness (QED) is 0.577. The number of benzene rings is 2. The highest BCUT2D eigenvalue weighted by molar-refractivity contribution is 5.99. The van der Waals surface area contributed by atoms with Crippen LogP contribution in [0.5, 0.6) is 17.2 Å². The molecule has 2 aromatic carbocycles. The number of aryl methyl sites for hydroxylation is 1. The fourth-order valence-electron chi connectivity index (χ4n) is 3.56. The molecule has 166 valence electrons. The molecule has 1 heterocycles. The third-order valence-electron chi connectivity index (χ3n) is 5.26. The van der Waals surface area contributed by atoms with Gasteiger partial charge in [-0.15, -0.1) is 0 Å². The van der Waals surface area contributed by atoms with Gasteiger partial charge in [0, 0.05) is 18.7 Å². The predicted molar refractivity (Wildman–Crippen MR) is 120 cm³/mol. The number of anilines is 2. The van der Waals surface area contributed by atoms with E-state index in [1.165, 1.54) is 0 Å². The summed E-state index contributed by atoms with van der Waals surface area (Å²) in [7, 11) is 3.18. The van der Waals surface area contributed by atoms with Crippen molar-refractivity contribution >= 4 is 23.2 Å². The molecule has 1 aliphatic heterocycles. The Hall–Kier alpha value is -3.22. The summed E-state index contributed by atoms with van der Waals surface area (Å²) in [4.78, 5) is 26.6. The number of carbonyl (C=O) groups excluding carboxylic acids is 2. The average molecular weight is 427 g/mol. The monoisotopic (exact) mass is 426 g/mol. The maximum atomic E-state index is 12.5. The van der Waals surface area contributed by atoms with E-state index in [2.05, 4.69) is 12.2 Å². The van der Waals surface area contributed by atoms with Gasteiger partial charge in [-0.25, -0.2) is 0 Å². The van der Waals surface area contributed by atoms with Crippen molar-refractivity contribution in [3.8, 4) is 17.2 Å². The minimum absolute atomic E-state index is 0.0517. The van der Waals surface area contributed by atoms with E-state index in [0.717, 1.165) is 24.8 Å². The molecule has 0 spiro atoms. The van der Waals surface area contributed by atoms with Gasteiger partial charge in [-0.2, -0.15) is 0 Å². The van der Waals surface area contributed by atoms with Crippen molar-refractivity contribution < 1.29 is 23.8 Å². The van der Waals surface area contributed by atoms with Crippen molar-refractivity contribution in [1.29, 1.82) is 0 Å². The zero-order valence-corrected chi connectivity index (χ0v) is 18.4. The molecule has 0 atom stereocenters. The molecule has 2 amide bonds. The lowest BCUT2D eigenvalue weighted by Gasteiger charge is -2.30. The smallest absolute Gasteiger partial charge is 0.265 e. The lowest BCUT2D eigenvalue weighted by molar-refractivity contribution is -0.121. The van der Waals surface area contributed by atoms with Crippen LogP contribution in [0.1, 0.15) is 38.2 Å². The molecule has 1 aliphatic rings. The summed E-state index contributed by atoms with van der Waals surface area (Å²) >= 11 is 0. The molecule has 1 N–H and O–H groups in total. The Kier molecular flexibility index (Phi) is 7.76. The van der Waals surface area contributed by atoms with E-state index in [1.54, 1.807) is 31.3 Å². The highest BCUT2D eigenvalue weighted by Gasteiger charge is 2.25. The van der Waals surface area contributed by atoms with Crippen molar-refractivity contribution in [2.24, 2.45) is 0 Å². The molecule has 0 bridgehead atoms. The maximum Gasteiger partial charge on any atom is 0.265 e. The number of methoxy groups -OCH3 is 2. The molecule has 0 saturated heterocycles. The van der Waals surface area contributed by atoms with E-state index in [9.17, 15) is 9.59 Å². The van der Waals surface area contributed by atoms with Crippen LogP contribution in [0.4, 0.5) is 11.4 Å². The Bertz CT molecular complexity index is 928. The zero-order chi connectivity index (χ0) is 22.2. The van der Waals surface area contributed by atoms with Crippen LogP contribution in [-0.2, 0) is 16.0 Å². The van der Waals surface area contributed by atoms with Gasteiger partial charge in [0.15, 0.2) is 18.1 Å². The van der Waals surface area contributed by atoms with Crippen molar-refractivity contribution in [2.75, 3.05) is 37.6 Å². The van der Waals surface area contributed by atoms with E-state index in [0.29, 0.717) is 48.0 Å². The van der Waals surface area contributed by atoms with Gasteiger partial charge in [-0.3, -0.25) is 9.59 Å². The van der Waals surface area contributed by atoms with Gasteiger partial charge in [0.25, 0.3) is 5.91 Å². The van der Waals surface area contributed by atoms with E-state index in [1.807, 2.05) is 24.3 Å². The summed E-state index contributed by atoms with van der Waals surface area (Å²) in [6, 6.07) is 11.0. The van der Waals surface area contributed by atoms with Crippen molar-refractivity contribution in [2.45, 2.75) is 39.0 Å². The summed E-state index contributed by atoms with van der Waals surface area (Å²) in [5.74, 6) is 1.81. The Balaban J connectivity index is 1.63. The number of nitrogens with one attached hydrogen (secondary N) is 1. The number of amides is 2. The van der Waals surface area contributed by atoms with Crippen LogP contribution in [0.15, 0.2) is 36.4 Å². The van der Waals surface area contributed by atoms with E-state index in [4.69, 9.17) is 14.2 Å². The van der Waals surface area contributed by atoms with E-state index >= 15 is 0 Å². The number of ether oxygens (including phenoxy) is 3. The van der Waals surface area contributed by atoms with Gasteiger partial charge in [-0.1, -0.05) is 25.8 Å². The second-order valence-electron chi connectivity index (χ2n) is 7.46. The van der Waals surface area contributed by atoms with Crippen LogP contribution in [0, 0.1) is 0 Å². The zero-order valence-electron chi connectivity index (χ0n) is 18.4. The van der Waals surface area contributed by atoms with E-state index in [-0.39, 0.29) is 18.4 Å². The third-order valence-corrected chi connectivity index (χ3v) is 5.26. The molecule has 7 nitrogen and oxygen atoms in total. The molecular weight excluding hydrogens is 396 g/mol. The molecule has 2 aromatic rings. The first-order valence-electron chi connectivity index (χ1n) is 10.6. The normalized spacial score (nSPS) is 12.7. The minimum Gasteiger partial charge on any atom is -0.493 e. The Labute approximate surface area is 183 Å². The lowest BCUT2D eigenvalue weighted by atomic mass is 10.1. The van der Waals surface area contributed by atoms with Gasteiger partial charge in [0.05, 0.1) is 19.9 Å². The molecule has 0 aromatic heterocycles. The second-order valence-corrected chi connectivity index (χ2v) is 7.46. The van der Waals surface area contributed by atoms with Crippen LogP contribution in [0.25, 0.3) is 0 Å². The topological polar surface area (TPSA) is 77.1 Å². The minimum atomic E-state index is -0.102. The molecule has 0 radical (unpaired) electrons. The summed E-state index contributed by atoms with van der Waals surface area (Å²) in [5, 5.41) is 2.93. The number of rotatable bonds is 10. The lowest BCUT2D eigenvalue weighted by Crippen LogP contribution is -2.39. The van der Waals surface area contributed by atoms with Gasteiger partial charge in [0.1, 0.15) is 5.75 Å². The van der Waals surface area contributed by atoms with Crippen molar-refractivity contribution in [1.82, 2.24) is 0 Å². The van der Waals surface area contributed by atoms with Crippen LogP contribution in [0.3, 0.4) is 0 Å². The van der Waals surface area contributed by atoms with Crippen LogP contribution >= 0.6 is 0 Å². The highest BCUT2D eigenvalue weighted by atomic mass is 16.5. The molecule has 0 saturated carbocycles. The Morgan fingerprint density at radius 3 is 2.65 bits per heavy atom. The van der Waals surface area contributed by atoms with Gasteiger partial charge in [-0.05, 0) is 48.7 Å². The molecular formula is C24H30N2O5. The number of nitrogens with zero attached hydrogens (tertiary/aromatic N) is 1. The first-order valence-corrected chi connectivity index (χ1v) is 10.6. The summed E-state index contributed by atoms with van der Waals surface area (Å²) in [6.07, 6.45) is 3.97. The molecule has 7 heteroatoms. The number of unbranched alkanes of at least 4 members (excludes halogenated alkanes) is 2. The fourth-order valence-corrected chi connectivity index (χ4v) is 3.56. The average Bonchev–Trinajstić information content (AvgIpc) is 2.79. The Morgan fingerprint density at radius 2 is 1.90 bits per heavy atom. The number of hydrogen-bond acceptors (Lipinski definition) is 5. The SMILES string of the molecule is CCCCCN1C(=O)COc2ccc(NC(=O)CCc3ccc(OC)c(OC)c3)cc21. The summed E-state index contributed by atoms with van der Waals surface area (Å²) in [5.41, 5.74) is 2.35. The highest BCUT2D eigenvalue weighted by Crippen LogP contribution is 2.35. The predicted octanol–water partition coefficient (Wildman–Crippen LogP) is 4.19. The first kappa shape index (κ1) is 22.5. The molecule has 31 heavy (non-hydrogen) atoms. The molecule has 0 fully saturated rings. The van der Waals surface area contributed by atoms with Crippen molar-refractivity contribution in [3.63, 3.8) is 0 Å². The van der Waals surface area contributed by atoms with Crippen LogP contribution < -0.4 is 24.4 Å². The van der Waals surface area contributed by atoms with Crippen LogP contribution in [0.2, 0.25) is 0 Å². The number of hydrogen-bond donors (Lipinski definition) is 1. The van der Waals surface area contributed by atoms with Crippen LogP contribution in [-0.4, -0.2) is 39.2 Å². The second kappa shape index (κ2) is 10.7. The van der Waals surface area contributed by atoms with Crippen molar-refractivity contribution in [3.05, 3.63) is 42.0 Å². The van der Waals surface area contributed by atoms with Gasteiger partial charge in [0.2, 0.25) is 5.91 Å². The fraction of sp³-hybridized carbons (Fsp3) is 0.417. The summed E-state index contributed by atoms with van der Waals surface area (Å²) < 4.78 is 16.1. The standard InChI is InChI=1S/C24H30N2O5/c1-4-5-6-13-26-19-15-18(9-11-20(19)31-16-24(26)28)25-23(27)12-8-17-7-10-21(29-2)22(14-17)30-3/h7,9-11,14-15H,4-6,8,12-13,16H2,1-3H3,(H,25,27). The van der Waals surface area contributed by atoms with Gasteiger partial charge >= 0.3 is 0 Å². The first-order chi connectivity index (χ1) is 15.0. The molecule has 0 unspecified atom stereocenters. The third kappa shape index (κ3) is 5.69. The Morgan fingerprint density at radius 1 is 1.10 bits per heavy atom. The largest absolute Gasteiger partial charge is 0.493 e. The molecule has 0 aliphatic carbocycles. The number of carbonyl (C=O) groups is 2. The summed E-state index contributed by atoms with van der Waals surface area (Å²) in [6.45, 7) is 2.83.